The lowest BCUT2D eigenvalue weighted by Crippen LogP contribution is -2.38. The molecule has 1 fully saturated rings. The Bertz CT molecular complexity index is 97.4. The topological polar surface area (TPSA) is 46.2 Å². The molecular weight excluding hydrogens is 126 g/mol. The maximum absolute atomic E-state index is 9.16. The highest BCUT2D eigenvalue weighted by molar-refractivity contribution is 4.80. The molecule has 0 heterocycles. The molecule has 2 atom stereocenters. The minimum absolute atomic E-state index is 0.0162. The van der Waals surface area contributed by atoms with E-state index in [4.69, 9.17) is 10.8 Å². The molecule has 0 bridgehead atoms. The molecule has 60 valence electrons. The number of nitrogens with two attached hydrogens (primary N) is 1. The lowest BCUT2D eigenvalue weighted by molar-refractivity contribution is 0.135. The van der Waals surface area contributed by atoms with Gasteiger partial charge in [-0.25, -0.2) is 0 Å². The van der Waals surface area contributed by atoms with Crippen molar-refractivity contribution in [3.8, 4) is 0 Å². The van der Waals surface area contributed by atoms with Crippen molar-refractivity contribution in [2.75, 3.05) is 0 Å². The first kappa shape index (κ1) is 8.02. The maximum Gasteiger partial charge on any atom is 0.0665 e. The fourth-order valence-corrected chi connectivity index (χ4v) is 1.74. The van der Waals surface area contributed by atoms with Gasteiger partial charge >= 0.3 is 0 Å². The van der Waals surface area contributed by atoms with Gasteiger partial charge in [0.1, 0.15) is 0 Å². The van der Waals surface area contributed by atoms with Crippen LogP contribution < -0.4 is 5.73 Å². The van der Waals surface area contributed by atoms with Crippen LogP contribution in [0.3, 0.4) is 0 Å². The van der Waals surface area contributed by atoms with Crippen LogP contribution >= 0.6 is 0 Å². The summed E-state index contributed by atoms with van der Waals surface area (Å²) >= 11 is 0. The van der Waals surface area contributed by atoms with E-state index in [0.29, 0.717) is 5.92 Å². The smallest absolute Gasteiger partial charge is 0.0665 e. The first-order valence-corrected chi connectivity index (χ1v) is 4.15. The van der Waals surface area contributed by atoms with E-state index in [1.54, 1.807) is 6.92 Å². The maximum atomic E-state index is 9.16. The second kappa shape index (κ2) is 3.35. The zero-order valence-corrected chi connectivity index (χ0v) is 6.59. The van der Waals surface area contributed by atoms with E-state index in [1.807, 2.05) is 0 Å². The van der Waals surface area contributed by atoms with E-state index < -0.39 is 0 Å². The predicted octanol–water partition coefficient (Wildman–Crippen LogP) is 0.885. The zero-order valence-electron chi connectivity index (χ0n) is 6.59. The molecule has 10 heavy (non-hydrogen) atoms. The standard InChI is InChI=1S/C8H17NO/c1-6(10)8(9)7-4-2-3-5-7/h6-8,10H,2-5,9H2,1H3/t6-,8-/m0/s1. The quantitative estimate of drug-likeness (QED) is 0.603. The molecule has 0 aliphatic heterocycles. The Labute approximate surface area is 62.4 Å². The van der Waals surface area contributed by atoms with Gasteiger partial charge in [0.2, 0.25) is 0 Å². The average Bonchev–Trinajstić information content (AvgIpc) is 2.36. The van der Waals surface area contributed by atoms with Crippen LogP contribution in [-0.2, 0) is 0 Å². The Balaban J connectivity index is 2.32. The van der Waals surface area contributed by atoms with Crippen molar-refractivity contribution in [1.29, 1.82) is 0 Å². The van der Waals surface area contributed by atoms with E-state index in [-0.39, 0.29) is 12.1 Å². The molecule has 2 heteroatoms. The van der Waals surface area contributed by atoms with E-state index in [9.17, 15) is 0 Å². The minimum Gasteiger partial charge on any atom is -0.392 e. The van der Waals surface area contributed by atoms with E-state index in [2.05, 4.69) is 0 Å². The highest BCUT2D eigenvalue weighted by Crippen LogP contribution is 2.27. The van der Waals surface area contributed by atoms with Gasteiger partial charge in [0.25, 0.3) is 0 Å². The van der Waals surface area contributed by atoms with Gasteiger partial charge in [0.15, 0.2) is 0 Å². The lowest BCUT2D eigenvalue weighted by atomic mass is 9.95. The van der Waals surface area contributed by atoms with Crippen LogP contribution in [0.5, 0.6) is 0 Å². The Morgan fingerprint density at radius 2 is 1.90 bits per heavy atom. The molecule has 0 aromatic carbocycles. The lowest BCUT2D eigenvalue weighted by Gasteiger charge is -2.20. The van der Waals surface area contributed by atoms with E-state index in [0.717, 1.165) is 0 Å². The molecule has 1 saturated carbocycles. The Morgan fingerprint density at radius 3 is 2.30 bits per heavy atom. The summed E-state index contributed by atoms with van der Waals surface area (Å²) in [6, 6.07) is 0.0162. The van der Waals surface area contributed by atoms with Crippen LogP contribution in [0.15, 0.2) is 0 Å². The minimum atomic E-state index is -0.330. The highest BCUT2D eigenvalue weighted by Gasteiger charge is 2.24. The molecule has 2 nitrogen and oxygen atoms in total. The van der Waals surface area contributed by atoms with Crippen LogP contribution in [-0.4, -0.2) is 17.3 Å². The summed E-state index contributed by atoms with van der Waals surface area (Å²) in [5, 5.41) is 9.16. The third-order valence-corrected chi connectivity index (χ3v) is 2.50. The van der Waals surface area contributed by atoms with Gasteiger partial charge in [-0.15, -0.1) is 0 Å². The van der Waals surface area contributed by atoms with Crippen molar-refractivity contribution >= 4 is 0 Å². The van der Waals surface area contributed by atoms with Crippen molar-refractivity contribution < 1.29 is 5.11 Å². The van der Waals surface area contributed by atoms with Gasteiger partial charge in [0, 0.05) is 6.04 Å². The molecule has 0 aromatic rings. The van der Waals surface area contributed by atoms with Gasteiger partial charge in [0.05, 0.1) is 6.10 Å². The normalized spacial score (nSPS) is 26.7. The molecule has 0 radical (unpaired) electrons. The molecule has 0 aromatic heterocycles. The second-order valence-electron chi connectivity index (χ2n) is 3.36. The van der Waals surface area contributed by atoms with Crippen LogP contribution in [0.1, 0.15) is 32.6 Å². The van der Waals surface area contributed by atoms with Crippen molar-refractivity contribution in [1.82, 2.24) is 0 Å². The van der Waals surface area contributed by atoms with Crippen LogP contribution in [0, 0.1) is 5.92 Å². The van der Waals surface area contributed by atoms with Crippen molar-refractivity contribution in [2.24, 2.45) is 11.7 Å². The number of hydrogen-bond donors (Lipinski definition) is 2. The summed E-state index contributed by atoms with van der Waals surface area (Å²) < 4.78 is 0. The van der Waals surface area contributed by atoms with E-state index >= 15 is 0 Å². The summed E-state index contributed by atoms with van der Waals surface area (Å²) in [6.07, 6.45) is 4.69. The summed E-state index contributed by atoms with van der Waals surface area (Å²) in [7, 11) is 0. The highest BCUT2D eigenvalue weighted by atomic mass is 16.3. The molecule has 1 aliphatic carbocycles. The van der Waals surface area contributed by atoms with Crippen molar-refractivity contribution in [3.05, 3.63) is 0 Å². The summed E-state index contributed by atoms with van der Waals surface area (Å²) in [4.78, 5) is 0. The number of hydrogen-bond acceptors (Lipinski definition) is 2. The van der Waals surface area contributed by atoms with Crippen LogP contribution in [0.2, 0.25) is 0 Å². The van der Waals surface area contributed by atoms with Gasteiger partial charge in [-0.1, -0.05) is 12.8 Å². The Morgan fingerprint density at radius 1 is 1.40 bits per heavy atom. The Hall–Kier alpha value is -0.0800. The number of rotatable bonds is 2. The third kappa shape index (κ3) is 1.70. The predicted molar refractivity (Wildman–Crippen MR) is 41.6 cm³/mol. The van der Waals surface area contributed by atoms with Gasteiger partial charge in [-0.3, -0.25) is 0 Å². The van der Waals surface area contributed by atoms with Crippen LogP contribution in [0.25, 0.3) is 0 Å². The summed E-state index contributed by atoms with van der Waals surface area (Å²) in [5.41, 5.74) is 5.77. The van der Waals surface area contributed by atoms with Crippen molar-refractivity contribution in [2.45, 2.75) is 44.8 Å². The summed E-state index contributed by atoms with van der Waals surface area (Å²) in [6.45, 7) is 1.78. The molecule has 3 N–H and O–H groups in total. The fourth-order valence-electron chi connectivity index (χ4n) is 1.74. The largest absolute Gasteiger partial charge is 0.392 e. The molecule has 0 saturated heterocycles. The molecule has 1 aliphatic rings. The van der Waals surface area contributed by atoms with Crippen molar-refractivity contribution in [3.63, 3.8) is 0 Å². The van der Waals surface area contributed by atoms with E-state index in [1.165, 1.54) is 25.7 Å². The van der Waals surface area contributed by atoms with Crippen LogP contribution in [0.4, 0.5) is 0 Å². The SMILES string of the molecule is C[C@H](O)[C@H](N)C1CCCC1. The molecule has 0 unspecified atom stereocenters. The number of aliphatic hydroxyl groups excluding tert-OH is 1. The second-order valence-corrected chi connectivity index (χ2v) is 3.36. The molecule has 0 amide bonds. The molecule has 0 spiro atoms. The summed E-state index contributed by atoms with van der Waals surface area (Å²) in [5.74, 6) is 0.583. The molecule has 1 rings (SSSR count). The fraction of sp³-hybridized carbons (Fsp3) is 1.00. The zero-order chi connectivity index (χ0) is 7.56. The van der Waals surface area contributed by atoms with Gasteiger partial charge in [-0.2, -0.15) is 0 Å². The van der Waals surface area contributed by atoms with Gasteiger partial charge in [-0.05, 0) is 25.7 Å². The number of aliphatic hydroxyl groups is 1. The first-order chi connectivity index (χ1) is 4.72. The molecular formula is C8H17NO. The first-order valence-electron chi connectivity index (χ1n) is 4.15. The average molecular weight is 143 g/mol. The third-order valence-electron chi connectivity index (χ3n) is 2.50. The Kier molecular flexibility index (Phi) is 2.69. The monoisotopic (exact) mass is 143 g/mol. The van der Waals surface area contributed by atoms with Gasteiger partial charge < -0.3 is 10.8 Å².